The molecule has 0 saturated carbocycles. The van der Waals surface area contributed by atoms with E-state index >= 15 is 0 Å². The average Bonchev–Trinajstić information content (AvgIpc) is 2.79. The summed E-state index contributed by atoms with van der Waals surface area (Å²) in [5.74, 6) is 0.667. The van der Waals surface area contributed by atoms with Crippen LogP contribution in [0.4, 0.5) is 0 Å². The van der Waals surface area contributed by atoms with Gasteiger partial charge in [-0.2, -0.15) is 0 Å². The Hall–Kier alpha value is -1.60. The molecule has 0 bridgehead atoms. The molecule has 1 atom stereocenters. The highest BCUT2D eigenvalue weighted by atomic mass is 14.8. The first-order chi connectivity index (χ1) is 12.3. The van der Waals surface area contributed by atoms with E-state index in [0.29, 0.717) is 5.92 Å². The van der Waals surface area contributed by atoms with E-state index in [2.05, 4.69) is 74.7 Å². The van der Waals surface area contributed by atoms with Crippen LogP contribution in [0.1, 0.15) is 61.8 Å². The number of hydrogen-bond donors (Lipinski definition) is 1. The predicted octanol–water partition coefficient (Wildman–Crippen LogP) is 5.51. The van der Waals surface area contributed by atoms with Crippen LogP contribution in [0.5, 0.6) is 0 Å². The van der Waals surface area contributed by atoms with Crippen molar-refractivity contribution in [2.45, 2.75) is 57.8 Å². The van der Waals surface area contributed by atoms with Crippen molar-refractivity contribution >= 4 is 0 Å². The number of fused-ring (bicyclic) bond motifs is 2. The molecule has 2 aromatic carbocycles. The SMILES string of the molecule is CCCC1(C(CC)CCNC)c2ccccc2CCc2ccccc21. The van der Waals surface area contributed by atoms with E-state index in [9.17, 15) is 0 Å². The quantitative estimate of drug-likeness (QED) is 0.704. The second kappa shape index (κ2) is 8.19. The molecule has 25 heavy (non-hydrogen) atoms. The van der Waals surface area contributed by atoms with Gasteiger partial charge in [0.2, 0.25) is 0 Å². The Balaban J connectivity index is 2.26. The van der Waals surface area contributed by atoms with Crippen molar-refractivity contribution in [2.75, 3.05) is 13.6 Å². The minimum absolute atomic E-state index is 0.157. The maximum atomic E-state index is 3.39. The fraction of sp³-hybridized carbons (Fsp3) is 0.500. The molecule has 2 aromatic rings. The number of rotatable bonds is 7. The minimum atomic E-state index is 0.157. The lowest BCUT2D eigenvalue weighted by atomic mass is 9.60. The number of benzene rings is 2. The van der Waals surface area contributed by atoms with Gasteiger partial charge < -0.3 is 5.32 Å². The van der Waals surface area contributed by atoms with Crippen molar-refractivity contribution in [1.82, 2.24) is 5.32 Å². The molecule has 1 N–H and O–H groups in total. The monoisotopic (exact) mass is 335 g/mol. The van der Waals surface area contributed by atoms with Gasteiger partial charge in [0.15, 0.2) is 0 Å². The third-order valence-corrected chi connectivity index (χ3v) is 6.24. The zero-order valence-corrected chi connectivity index (χ0v) is 16.1. The second-order valence-electron chi connectivity index (χ2n) is 7.53. The van der Waals surface area contributed by atoms with E-state index in [4.69, 9.17) is 0 Å². The molecule has 0 amide bonds. The Kier molecular flexibility index (Phi) is 5.96. The van der Waals surface area contributed by atoms with Crippen LogP contribution in [0.15, 0.2) is 48.5 Å². The van der Waals surface area contributed by atoms with Gasteiger partial charge in [0.05, 0.1) is 0 Å². The summed E-state index contributed by atoms with van der Waals surface area (Å²) in [6.45, 7) is 5.82. The van der Waals surface area contributed by atoms with Gasteiger partial charge in [0.25, 0.3) is 0 Å². The van der Waals surface area contributed by atoms with Gasteiger partial charge in [-0.3, -0.25) is 0 Å². The Bertz CT molecular complexity index is 640. The lowest BCUT2D eigenvalue weighted by Crippen LogP contribution is -2.38. The highest BCUT2D eigenvalue weighted by Crippen LogP contribution is 2.50. The van der Waals surface area contributed by atoms with Gasteiger partial charge >= 0.3 is 0 Å². The van der Waals surface area contributed by atoms with Gasteiger partial charge in [-0.25, -0.2) is 0 Å². The highest BCUT2D eigenvalue weighted by Gasteiger charge is 2.43. The molecule has 1 heteroatoms. The summed E-state index contributed by atoms with van der Waals surface area (Å²) in [5, 5.41) is 3.39. The Morgan fingerprint density at radius 1 is 0.920 bits per heavy atom. The van der Waals surface area contributed by atoms with E-state index in [1.807, 2.05) is 0 Å². The molecule has 1 aliphatic carbocycles. The first-order valence-corrected chi connectivity index (χ1v) is 10.1. The molecule has 3 rings (SSSR count). The molecule has 1 unspecified atom stereocenters. The molecule has 0 fully saturated rings. The van der Waals surface area contributed by atoms with Crippen LogP contribution in [-0.4, -0.2) is 13.6 Å². The van der Waals surface area contributed by atoms with Gasteiger partial charge in [-0.15, -0.1) is 0 Å². The Morgan fingerprint density at radius 3 is 1.96 bits per heavy atom. The largest absolute Gasteiger partial charge is 0.320 e. The molecule has 0 saturated heterocycles. The Labute approximate surface area is 153 Å². The topological polar surface area (TPSA) is 12.0 Å². The van der Waals surface area contributed by atoms with Gasteiger partial charge in [0.1, 0.15) is 0 Å². The van der Waals surface area contributed by atoms with Crippen molar-refractivity contribution in [3.05, 3.63) is 70.8 Å². The molecule has 0 spiro atoms. The third kappa shape index (κ3) is 3.27. The fourth-order valence-electron chi connectivity index (χ4n) is 5.19. The van der Waals surface area contributed by atoms with E-state index in [0.717, 1.165) is 6.54 Å². The number of aryl methyl sites for hydroxylation is 2. The van der Waals surface area contributed by atoms with Crippen LogP contribution < -0.4 is 5.32 Å². The standard InChI is InChI=1S/C24H33N/c1-4-17-24(21(5-2)16-18-25-3)22-12-8-6-10-19(22)14-15-20-11-7-9-13-23(20)24/h6-13,21,25H,4-5,14-18H2,1-3H3. The van der Waals surface area contributed by atoms with Crippen molar-refractivity contribution in [2.24, 2.45) is 5.92 Å². The summed E-state index contributed by atoms with van der Waals surface area (Å²) in [4.78, 5) is 0. The lowest BCUT2D eigenvalue weighted by Gasteiger charge is -2.43. The fourth-order valence-corrected chi connectivity index (χ4v) is 5.19. The summed E-state index contributed by atoms with van der Waals surface area (Å²) in [6, 6.07) is 18.5. The first-order valence-electron chi connectivity index (χ1n) is 10.1. The van der Waals surface area contributed by atoms with Crippen molar-refractivity contribution in [3.63, 3.8) is 0 Å². The van der Waals surface area contributed by atoms with Gasteiger partial charge in [0, 0.05) is 5.41 Å². The Morgan fingerprint density at radius 2 is 1.48 bits per heavy atom. The van der Waals surface area contributed by atoms with Crippen LogP contribution in [-0.2, 0) is 18.3 Å². The molecular formula is C24H33N. The highest BCUT2D eigenvalue weighted by molar-refractivity contribution is 5.50. The molecule has 1 aliphatic rings. The first kappa shape index (κ1) is 18.2. The van der Waals surface area contributed by atoms with Gasteiger partial charge in [-0.1, -0.05) is 75.2 Å². The minimum Gasteiger partial charge on any atom is -0.320 e. The summed E-state index contributed by atoms with van der Waals surface area (Å²) < 4.78 is 0. The number of hydrogen-bond acceptors (Lipinski definition) is 1. The molecule has 0 radical (unpaired) electrons. The summed E-state index contributed by atoms with van der Waals surface area (Å²) in [5.41, 5.74) is 6.49. The van der Waals surface area contributed by atoms with E-state index in [1.54, 1.807) is 22.3 Å². The maximum Gasteiger partial charge on any atom is 0.0236 e. The third-order valence-electron chi connectivity index (χ3n) is 6.24. The smallest absolute Gasteiger partial charge is 0.0236 e. The average molecular weight is 336 g/mol. The van der Waals surface area contributed by atoms with E-state index in [1.165, 1.54) is 38.5 Å². The second-order valence-corrected chi connectivity index (χ2v) is 7.53. The zero-order valence-electron chi connectivity index (χ0n) is 16.1. The van der Waals surface area contributed by atoms with E-state index in [-0.39, 0.29) is 5.41 Å². The summed E-state index contributed by atoms with van der Waals surface area (Å²) in [6.07, 6.45) is 7.25. The maximum absolute atomic E-state index is 3.39. The molecule has 0 aliphatic heterocycles. The zero-order chi connectivity index (χ0) is 17.7. The molecule has 1 nitrogen and oxygen atoms in total. The van der Waals surface area contributed by atoms with Crippen molar-refractivity contribution < 1.29 is 0 Å². The van der Waals surface area contributed by atoms with Crippen LogP contribution in [0, 0.1) is 5.92 Å². The normalized spacial score (nSPS) is 16.6. The summed E-state index contributed by atoms with van der Waals surface area (Å²) >= 11 is 0. The molecule has 0 heterocycles. The van der Waals surface area contributed by atoms with E-state index < -0.39 is 0 Å². The predicted molar refractivity (Wildman–Crippen MR) is 108 cm³/mol. The lowest BCUT2D eigenvalue weighted by molar-refractivity contribution is 0.269. The van der Waals surface area contributed by atoms with Crippen molar-refractivity contribution in [1.29, 1.82) is 0 Å². The molecule has 0 aromatic heterocycles. The number of nitrogens with one attached hydrogen (secondary N) is 1. The molecule has 134 valence electrons. The van der Waals surface area contributed by atoms with Gasteiger partial charge in [-0.05, 0) is 67.4 Å². The molecular weight excluding hydrogens is 302 g/mol. The van der Waals surface area contributed by atoms with Crippen molar-refractivity contribution in [3.8, 4) is 0 Å². The van der Waals surface area contributed by atoms with Crippen LogP contribution in [0.3, 0.4) is 0 Å². The van der Waals surface area contributed by atoms with Crippen LogP contribution in [0.25, 0.3) is 0 Å². The van der Waals surface area contributed by atoms with Crippen LogP contribution >= 0.6 is 0 Å². The summed E-state index contributed by atoms with van der Waals surface area (Å²) in [7, 11) is 2.08. The van der Waals surface area contributed by atoms with Crippen LogP contribution in [0.2, 0.25) is 0 Å².